The van der Waals surface area contributed by atoms with E-state index in [1.165, 1.54) is 35.9 Å². The number of nitrogens with zero attached hydrogens (tertiary/aromatic N) is 10. The van der Waals surface area contributed by atoms with Gasteiger partial charge in [0.25, 0.3) is 17.1 Å². The first kappa shape index (κ1) is 55.6. The molecule has 76 heavy (non-hydrogen) atoms. The molecule has 6 aromatic rings. The number of rotatable bonds is 20. The molecule has 3 aliphatic heterocycles. The number of phosphoric acid groups is 4. The molecule has 0 aromatic carbocycles. The van der Waals surface area contributed by atoms with Gasteiger partial charge in [0.15, 0.2) is 41.4 Å². The zero-order valence-electron chi connectivity index (χ0n) is 38.9. The van der Waals surface area contributed by atoms with Crippen LogP contribution in [0.5, 0.6) is 0 Å². The maximum atomic E-state index is 13.7. The second-order valence-corrected chi connectivity index (χ2v) is 22.7. The minimum atomic E-state index is -6.20. The van der Waals surface area contributed by atoms with Crippen LogP contribution in [-0.4, -0.2) is 182 Å². The number of nitrogen functional groups attached to an aromatic ring is 2. The summed E-state index contributed by atoms with van der Waals surface area (Å²) >= 11 is 0. The summed E-state index contributed by atoms with van der Waals surface area (Å²) in [4.78, 5) is 96.2. The average Bonchev–Trinajstić information content (AvgIpc) is 4.19. The van der Waals surface area contributed by atoms with Crippen molar-refractivity contribution in [1.82, 2.24) is 53.6 Å². The molecule has 0 amide bonds. The number of aliphatic hydroxyl groups excluding tert-OH is 4. The first-order chi connectivity index (χ1) is 35.7. The van der Waals surface area contributed by atoms with E-state index in [0.717, 1.165) is 28.9 Å². The first-order valence-corrected chi connectivity index (χ1v) is 27.6. The molecule has 3 fully saturated rings. The molecule has 39 nitrogen and oxygen atoms in total. The lowest BCUT2D eigenvalue weighted by molar-refractivity contribution is -0.745. The third-order valence-electron chi connectivity index (χ3n) is 11.8. The summed E-state index contributed by atoms with van der Waals surface area (Å²) in [5.41, 5.74) is 9.73. The Bertz CT molecular complexity index is 3490. The van der Waals surface area contributed by atoms with Crippen LogP contribution in [0.2, 0.25) is 0 Å². The maximum absolute atomic E-state index is 13.7. The Morgan fingerprint density at radius 2 is 1.26 bits per heavy atom. The SMILES string of the molecule is CNc1ncnc2c1ncn2[C@@H]1O[C@H](COP(=O)(O)OP(=O)(O)OP(=O)(O)OC[C@H]2O[C@@H]([n+]3cn(C)c4c(=O)[nH]c(N)nc43)[C@@H](O)C2O)C(OP(=O)(O)OC[C@H]2O[C@@H](n3cnc4c(=O)[nH]c(N)nc43)C(O)[C@H]2O)[C@@H]1OC. The van der Waals surface area contributed by atoms with E-state index in [1.807, 2.05) is 0 Å². The summed E-state index contributed by atoms with van der Waals surface area (Å²) in [7, 11) is -19.4. The van der Waals surface area contributed by atoms with Gasteiger partial charge in [0.2, 0.25) is 17.7 Å². The molecule has 9 rings (SSSR count). The number of hydrogen-bond acceptors (Lipinski definition) is 29. The fourth-order valence-corrected chi connectivity index (χ4v) is 12.9. The first-order valence-electron chi connectivity index (χ1n) is 21.6. The quantitative estimate of drug-likeness (QED) is 0.0254. The third kappa shape index (κ3) is 11.0. The van der Waals surface area contributed by atoms with Crippen molar-refractivity contribution >= 4 is 82.5 Å². The molecule has 0 spiro atoms. The van der Waals surface area contributed by atoms with Crippen LogP contribution in [-0.2, 0) is 71.0 Å². The largest absolute Gasteiger partial charge is 0.490 e. The predicted molar refractivity (Wildman–Crippen MR) is 244 cm³/mol. The Morgan fingerprint density at radius 3 is 1.92 bits per heavy atom. The van der Waals surface area contributed by atoms with Gasteiger partial charge >= 0.3 is 36.9 Å². The Balaban J connectivity index is 0.868. The molecule has 0 saturated carbocycles. The van der Waals surface area contributed by atoms with Crippen LogP contribution < -0.4 is 32.5 Å². The highest BCUT2D eigenvalue weighted by Gasteiger charge is 2.54. The molecule has 3 saturated heterocycles. The van der Waals surface area contributed by atoms with Gasteiger partial charge in [0, 0.05) is 14.2 Å². The van der Waals surface area contributed by atoms with Gasteiger partial charge in [-0.15, -0.1) is 0 Å². The molecule has 43 heteroatoms. The summed E-state index contributed by atoms with van der Waals surface area (Å²) in [6, 6.07) is 0. The normalized spacial score (nSPS) is 30.2. The Hall–Kier alpha value is -5.15. The van der Waals surface area contributed by atoms with Gasteiger partial charge in [-0.25, -0.2) is 42.8 Å². The van der Waals surface area contributed by atoms with Crippen molar-refractivity contribution in [2.45, 2.75) is 73.6 Å². The van der Waals surface area contributed by atoms with Gasteiger partial charge in [-0.1, -0.05) is 4.98 Å². The number of ether oxygens (including phenoxy) is 4. The number of hydrogen-bond donors (Lipinski definition) is 13. The summed E-state index contributed by atoms with van der Waals surface area (Å²) in [6.45, 7) is -3.38. The lowest BCUT2D eigenvalue weighted by atomic mass is 10.1. The van der Waals surface area contributed by atoms with Gasteiger partial charge in [-0.2, -0.15) is 13.6 Å². The zero-order valence-corrected chi connectivity index (χ0v) is 42.5. The summed E-state index contributed by atoms with van der Waals surface area (Å²) in [5.74, 6) is -0.373. The number of methoxy groups -OCH3 is 1. The van der Waals surface area contributed by atoms with Gasteiger partial charge < -0.3 is 75.7 Å². The maximum Gasteiger partial charge on any atom is 0.490 e. The van der Waals surface area contributed by atoms with Gasteiger partial charge in [0.1, 0.15) is 66.8 Å². The molecule has 0 bridgehead atoms. The van der Waals surface area contributed by atoms with Crippen LogP contribution in [0.25, 0.3) is 33.5 Å². The minimum Gasteiger partial charge on any atom is -0.387 e. The Kier molecular flexibility index (Phi) is 15.3. The van der Waals surface area contributed by atoms with Gasteiger partial charge in [-0.3, -0.25) is 51.4 Å². The molecule has 15 N–H and O–H groups in total. The van der Waals surface area contributed by atoms with E-state index in [2.05, 4.69) is 53.8 Å². The van der Waals surface area contributed by atoms with Crippen molar-refractivity contribution in [2.24, 2.45) is 7.05 Å². The number of aromatic nitrogens is 12. The highest BCUT2D eigenvalue weighted by atomic mass is 31.3. The third-order valence-corrected chi connectivity index (χ3v) is 17.0. The fraction of sp³-hybridized carbons (Fsp3) is 0.545. The molecule has 416 valence electrons. The van der Waals surface area contributed by atoms with E-state index in [-0.39, 0.29) is 51.2 Å². The van der Waals surface area contributed by atoms with E-state index in [1.54, 1.807) is 0 Å². The lowest BCUT2D eigenvalue weighted by Gasteiger charge is -2.26. The molecule has 6 aromatic heterocycles. The Labute approximate surface area is 421 Å². The number of imidazole rings is 3. The van der Waals surface area contributed by atoms with E-state index in [4.69, 9.17) is 48.5 Å². The van der Waals surface area contributed by atoms with Crippen LogP contribution >= 0.6 is 31.3 Å². The fourth-order valence-electron chi connectivity index (χ4n) is 8.45. The standard InChI is InChI=1S/C33H45N15O24P4/c1-36-23-14-24(38-7-37-23)46(8-39-14)31-22(63-3)21(70-73(55,56)64-4-11-17(49)19(51)29(67-11)47-9-40-15-25(47)41-32(34)43-27(15)53)13(69-31)6-66-75(59,60)72-76(61,62)71-74(57,58)65-5-12-18(50)20(52)30(68-12)48-10-45(2)16-26(48)42-33(35)44-28(16)54/h7-13,17-22,29-31,49-52H,4-6H2,1-3H3,(H10-,34,35,36,37,38,41,42,43,44,53,54,55,56,57,58,59,60,61,62)/p+1/t11-,12-,13-,17+,18?,19?,20+,21?,22+,29-,30-,31-/m1/s1. The lowest BCUT2D eigenvalue weighted by Crippen LogP contribution is -2.46. The number of anilines is 3. The number of aryl methyl sites for hydroxylation is 1. The van der Waals surface area contributed by atoms with Gasteiger partial charge in [0.05, 0.1) is 39.5 Å². The van der Waals surface area contributed by atoms with Crippen molar-refractivity contribution in [2.75, 3.05) is 50.8 Å². The summed E-state index contributed by atoms with van der Waals surface area (Å²) < 4.78 is 109. The molecule has 7 unspecified atom stereocenters. The number of nitrogens with two attached hydrogens (primary N) is 2. The predicted octanol–water partition coefficient (Wildman–Crippen LogP) is -4.25. The van der Waals surface area contributed by atoms with E-state index in [9.17, 15) is 67.8 Å². The van der Waals surface area contributed by atoms with Crippen molar-refractivity contribution in [3.8, 4) is 0 Å². The number of H-pyrrole nitrogens is 2. The molecule has 0 aliphatic carbocycles. The number of nitrogens with one attached hydrogen (secondary N) is 3. The van der Waals surface area contributed by atoms with Crippen LogP contribution in [0, 0.1) is 0 Å². The van der Waals surface area contributed by atoms with Crippen LogP contribution in [0.1, 0.15) is 18.7 Å². The topological polar surface area (TPSA) is 548 Å². The number of aliphatic hydroxyl groups is 4. The molecular weight excluding hydrogens is 1110 g/mol. The smallest absolute Gasteiger partial charge is 0.387 e. The zero-order chi connectivity index (χ0) is 55.0. The second kappa shape index (κ2) is 20.9. The number of fused-ring (bicyclic) bond motifs is 3. The minimum absolute atomic E-state index is 0.0219. The number of phosphoric ester groups is 3. The molecular formula is C33H46N15O24P4+. The molecule has 16 atom stereocenters. The van der Waals surface area contributed by atoms with Crippen molar-refractivity contribution in [3.05, 3.63) is 46.0 Å². The highest BCUT2D eigenvalue weighted by Crippen LogP contribution is 2.68. The van der Waals surface area contributed by atoms with Gasteiger partial charge in [-0.05, 0) is 0 Å². The summed E-state index contributed by atoms with van der Waals surface area (Å²) in [6.07, 6.45) is -15.5. The van der Waals surface area contributed by atoms with Crippen molar-refractivity contribution in [3.63, 3.8) is 0 Å². The Morgan fingerprint density at radius 1 is 0.697 bits per heavy atom. The van der Waals surface area contributed by atoms with Crippen LogP contribution in [0.15, 0.2) is 34.9 Å². The summed E-state index contributed by atoms with van der Waals surface area (Å²) in [5, 5.41) is 46.0. The molecule has 3 aliphatic rings. The van der Waals surface area contributed by atoms with Crippen molar-refractivity contribution in [1.29, 1.82) is 0 Å². The monoisotopic (exact) mass is 1160 g/mol. The van der Waals surface area contributed by atoms with E-state index >= 15 is 0 Å². The van der Waals surface area contributed by atoms with E-state index < -0.39 is 136 Å². The molecule has 9 heterocycles. The second-order valence-electron chi connectivity index (χ2n) is 16.7. The van der Waals surface area contributed by atoms with Crippen molar-refractivity contribution < 1.29 is 108 Å². The molecule has 0 radical (unpaired) electrons. The number of aromatic amines is 2. The van der Waals surface area contributed by atoms with E-state index in [0.29, 0.717) is 0 Å². The average molecular weight is 1160 g/mol. The van der Waals surface area contributed by atoms with Crippen LogP contribution in [0.4, 0.5) is 17.7 Å². The van der Waals surface area contributed by atoms with Crippen LogP contribution in [0.3, 0.4) is 0 Å². The highest BCUT2D eigenvalue weighted by molar-refractivity contribution is 7.66.